The zero-order valence-electron chi connectivity index (χ0n) is 8.48. The molecule has 0 aromatic heterocycles. The lowest BCUT2D eigenvalue weighted by molar-refractivity contribution is -0.0886. The second-order valence-corrected chi connectivity index (χ2v) is 3.10. The third-order valence-corrected chi connectivity index (χ3v) is 2.00. The fourth-order valence-electron chi connectivity index (χ4n) is 1.19. The summed E-state index contributed by atoms with van der Waals surface area (Å²) in [5.74, 6) is -3.76. The Morgan fingerprint density at radius 2 is 1.88 bits per heavy atom. The van der Waals surface area contributed by atoms with Crippen molar-refractivity contribution in [1.29, 1.82) is 0 Å². The van der Waals surface area contributed by atoms with Gasteiger partial charge < -0.3 is 4.74 Å². The second-order valence-electron chi connectivity index (χ2n) is 3.10. The largest absolute Gasteiger partial charge is 0.493 e. The van der Waals surface area contributed by atoms with E-state index in [2.05, 4.69) is 4.74 Å². The van der Waals surface area contributed by atoms with Gasteiger partial charge in [-0.15, -0.1) is 0 Å². The topological polar surface area (TPSA) is 26.3 Å². The van der Waals surface area contributed by atoms with Gasteiger partial charge in [-0.2, -0.15) is 13.2 Å². The molecule has 2 nitrogen and oxygen atoms in total. The minimum atomic E-state index is -5.05. The average molecular weight is 236 g/mol. The molecule has 0 unspecified atom stereocenters. The van der Waals surface area contributed by atoms with E-state index in [4.69, 9.17) is 0 Å². The van der Waals surface area contributed by atoms with Crippen LogP contribution in [0, 0.1) is 12.7 Å². The monoisotopic (exact) mass is 236 g/mol. The highest BCUT2D eigenvalue weighted by Gasteiger charge is 2.41. The van der Waals surface area contributed by atoms with Crippen LogP contribution in [0.25, 0.3) is 0 Å². The molecule has 0 radical (unpaired) electrons. The SMILES string of the molecule is COc1c(C(=O)C(F)(F)F)ccc(C)c1F. The molecule has 0 atom stereocenters. The molecule has 0 amide bonds. The summed E-state index contributed by atoms with van der Waals surface area (Å²) in [6.45, 7) is 1.36. The lowest BCUT2D eigenvalue weighted by Crippen LogP contribution is -2.23. The van der Waals surface area contributed by atoms with Gasteiger partial charge in [0.2, 0.25) is 0 Å². The van der Waals surface area contributed by atoms with Gasteiger partial charge in [-0.05, 0) is 18.6 Å². The molecule has 0 N–H and O–H groups in total. The first kappa shape index (κ1) is 12.5. The lowest BCUT2D eigenvalue weighted by atomic mass is 10.1. The van der Waals surface area contributed by atoms with Gasteiger partial charge in [0.05, 0.1) is 12.7 Å². The van der Waals surface area contributed by atoms with Crippen molar-refractivity contribution in [2.45, 2.75) is 13.1 Å². The number of carbonyl (C=O) groups excluding carboxylic acids is 1. The Hall–Kier alpha value is -1.59. The molecular weight excluding hydrogens is 228 g/mol. The first-order chi connectivity index (χ1) is 7.29. The van der Waals surface area contributed by atoms with Crippen LogP contribution in [0.3, 0.4) is 0 Å². The van der Waals surface area contributed by atoms with Gasteiger partial charge in [-0.25, -0.2) is 4.39 Å². The molecule has 1 aromatic rings. The van der Waals surface area contributed by atoms with Crippen LogP contribution in [0.15, 0.2) is 12.1 Å². The minimum absolute atomic E-state index is 0.107. The second kappa shape index (κ2) is 4.11. The van der Waals surface area contributed by atoms with Crippen LogP contribution >= 0.6 is 0 Å². The molecule has 0 aliphatic carbocycles. The number of ketones is 1. The number of Topliss-reactive ketones (excluding diaryl/α,β-unsaturated/α-hetero) is 1. The molecule has 1 rings (SSSR count). The fourth-order valence-corrected chi connectivity index (χ4v) is 1.19. The molecule has 0 aliphatic heterocycles. The molecule has 0 aliphatic rings. The third kappa shape index (κ3) is 2.15. The number of carbonyl (C=O) groups is 1. The maximum Gasteiger partial charge on any atom is 0.455 e. The van der Waals surface area contributed by atoms with E-state index in [1.807, 2.05) is 0 Å². The minimum Gasteiger partial charge on any atom is -0.493 e. The molecular formula is C10H8F4O2. The van der Waals surface area contributed by atoms with E-state index in [1.54, 1.807) is 0 Å². The van der Waals surface area contributed by atoms with Crippen molar-refractivity contribution in [1.82, 2.24) is 0 Å². The first-order valence-corrected chi connectivity index (χ1v) is 4.23. The number of ether oxygens (including phenoxy) is 1. The number of rotatable bonds is 2. The van der Waals surface area contributed by atoms with Crippen molar-refractivity contribution in [3.8, 4) is 5.75 Å². The van der Waals surface area contributed by atoms with Crippen LogP contribution in [-0.2, 0) is 0 Å². The van der Waals surface area contributed by atoms with Crippen molar-refractivity contribution in [2.24, 2.45) is 0 Å². The summed E-state index contributed by atoms with van der Waals surface area (Å²) >= 11 is 0. The number of alkyl halides is 3. The van der Waals surface area contributed by atoms with Crippen molar-refractivity contribution in [3.63, 3.8) is 0 Å². The molecule has 6 heteroatoms. The van der Waals surface area contributed by atoms with E-state index < -0.39 is 29.1 Å². The van der Waals surface area contributed by atoms with Crippen molar-refractivity contribution < 1.29 is 27.1 Å². The molecule has 0 heterocycles. The summed E-state index contributed by atoms with van der Waals surface area (Å²) in [5.41, 5.74) is -0.714. The summed E-state index contributed by atoms with van der Waals surface area (Å²) in [5, 5.41) is 0. The van der Waals surface area contributed by atoms with E-state index in [9.17, 15) is 22.4 Å². The highest BCUT2D eigenvalue weighted by atomic mass is 19.4. The summed E-state index contributed by atoms with van der Waals surface area (Å²) in [6.07, 6.45) is -5.05. The number of halogens is 4. The fraction of sp³-hybridized carbons (Fsp3) is 0.300. The predicted molar refractivity (Wildman–Crippen MR) is 48.1 cm³/mol. The molecule has 0 spiro atoms. The quantitative estimate of drug-likeness (QED) is 0.583. The maximum absolute atomic E-state index is 13.4. The van der Waals surface area contributed by atoms with Crippen LogP contribution < -0.4 is 4.74 Å². The zero-order chi connectivity index (χ0) is 12.5. The van der Waals surface area contributed by atoms with Crippen LogP contribution in [0.4, 0.5) is 17.6 Å². The summed E-state index contributed by atoms with van der Waals surface area (Å²) in [7, 11) is 1.00. The highest BCUT2D eigenvalue weighted by Crippen LogP contribution is 2.30. The summed E-state index contributed by atoms with van der Waals surface area (Å²) in [6, 6.07) is 1.99. The van der Waals surface area contributed by atoms with Gasteiger partial charge in [0.1, 0.15) is 0 Å². The molecule has 16 heavy (non-hydrogen) atoms. The van der Waals surface area contributed by atoms with Crippen molar-refractivity contribution >= 4 is 5.78 Å². The van der Waals surface area contributed by atoms with Gasteiger partial charge in [0.25, 0.3) is 5.78 Å². The van der Waals surface area contributed by atoms with E-state index in [1.165, 1.54) is 6.92 Å². The van der Waals surface area contributed by atoms with Crippen LogP contribution in [0.5, 0.6) is 5.75 Å². The van der Waals surface area contributed by atoms with Crippen LogP contribution in [0.1, 0.15) is 15.9 Å². The average Bonchev–Trinajstić information content (AvgIpc) is 2.19. The molecule has 0 saturated carbocycles. The standard InChI is InChI=1S/C10H8F4O2/c1-5-3-4-6(8(16-2)7(5)11)9(15)10(12,13)14/h3-4H,1-2H3. The third-order valence-electron chi connectivity index (χ3n) is 2.00. The number of aryl methyl sites for hydroxylation is 1. The zero-order valence-corrected chi connectivity index (χ0v) is 8.48. The molecule has 88 valence electrons. The Morgan fingerprint density at radius 1 is 1.31 bits per heavy atom. The molecule has 0 saturated heterocycles. The maximum atomic E-state index is 13.4. The Labute approximate surface area is 88.8 Å². The molecule has 0 bridgehead atoms. The van der Waals surface area contributed by atoms with E-state index in [0.29, 0.717) is 0 Å². The number of hydrogen-bond donors (Lipinski definition) is 0. The van der Waals surface area contributed by atoms with E-state index >= 15 is 0 Å². The Morgan fingerprint density at radius 3 is 2.31 bits per heavy atom. The van der Waals surface area contributed by atoms with Crippen molar-refractivity contribution in [3.05, 3.63) is 29.1 Å². The smallest absolute Gasteiger partial charge is 0.455 e. The van der Waals surface area contributed by atoms with Gasteiger partial charge in [0.15, 0.2) is 11.6 Å². The summed E-state index contributed by atoms with van der Waals surface area (Å²) < 4.78 is 54.3. The van der Waals surface area contributed by atoms with Crippen LogP contribution in [-0.4, -0.2) is 19.1 Å². The summed E-state index contributed by atoms with van der Waals surface area (Å²) in [4.78, 5) is 10.9. The van der Waals surface area contributed by atoms with Gasteiger partial charge in [-0.1, -0.05) is 6.07 Å². The Kier molecular flexibility index (Phi) is 3.21. The normalized spacial score (nSPS) is 11.4. The van der Waals surface area contributed by atoms with Gasteiger partial charge in [-0.3, -0.25) is 4.79 Å². The van der Waals surface area contributed by atoms with Crippen LogP contribution in [0.2, 0.25) is 0 Å². The lowest BCUT2D eigenvalue weighted by Gasteiger charge is -2.11. The number of hydrogen-bond acceptors (Lipinski definition) is 2. The number of methoxy groups -OCH3 is 1. The highest BCUT2D eigenvalue weighted by molar-refractivity contribution is 6.02. The number of benzene rings is 1. The van der Waals surface area contributed by atoms with Crippen molar-refractivity contribution in [2.75, 3.05) is 7.11 Å². The Balaban J connectivity index is 3.36. The van der Waals surface area contributed by atoms with E-state index in [0.717, 1.165) is 19.2 Å². The predicted octanol–water partition coefficient (Wildman–Crippen LogP) is 2.89. The van der Waals surface area contributed by atoms with E-state index in [-0.39, 0.29) is 5.56 Å². The van der Waals surface area contributed by atoms with Gasteiger partial charge >= 0.3 is 6.18 Å². The molecule has 1 aromatic carbocycles. The Bertz CT molecular complexity index is 424. The van der Waals surface area contributed by atoms with Gasteiger partial charge in [0, 0.05) is 0 Å². The first-order valence-electron chi connectivity index (χ1n) is 4.23. The molecule has 0 fully saturated rings.